The third kappa shape index (κ3) is 6.79. The average Bonchev–Trinajstić information content (AvgIpc) is 2.61. The summed E-state index contributed by atoms with van der Waals surface area (Å²) in [5.41, 5.74) is 1.33. The second-order valence-electron chi connectivity index (χ2n) is 5.31. The summed E-state index contributed by atoms with van der Waals surface area (Å²) in [5, 5.41) is 5.22. The Bertz CT molecular complexity index is 737. The molecule has 0 bridgehead atoms. The first kappa shape index (κ1) is 19.8. The predicted molar refractivity (Wildman–Crippen MR) is 96.3 cm³/mol. The fourth-order valence-electron chi connectivity index (χ4n) is 2.11. The molecule has 2 amide bonds. The van der Waals surface area contributed by atoms with Crippen LogP contribution in [0.4, 0.5) is 8.78 Å². The van der Waals surface area contributed by atoms with Crippen molar-refractivity contribution in [3.8, 4) is 5.75 Å². The summed E-state index contributed by atoms with van der Waals surface area (Å²) in [6.45, 7) is -2.62. The lowest BCUT2D eigenvalue weighted by molar-refractivity contribution is -0.120. The summed E-state index contributed by atoms with van der Waals surface area (Å²) in [6.07, 6.45) is 0.529. The third-order valence-electron chi connectivity index (χ3n) is 3.40. The van der Waals surface area contributed by atoms with E-state index in [1.807, 2.05) is 0 Å². The maximum atomic E-state index is 12.1. The van der Waals surface area contributed by atoms with Crippen molar-refractivity contribution in [2.45, 2.75) is 13.0 Å². The third-order valence-corrected chi connectivity index (χ3v) is 3.93. The van der Waals surface area contributed by atoms with Gasteiger partial charge in [0.1, 0.15) is 5.75 Å². The van der Waals surface area contributed by atoms with Gasteiger partial charge in [0.05, 0.1) is 6.54 Å². The molecule has 0 unspecified atom stereocenters. The van der Waals surface area contributed by atoms with Crippen LogP contribution in [0.25, 0.3) is 0 Å². The highest BCUT2D eigenvalue weighted by Crippen LogP contribution is 2.15. The van der Waals surface area contributed by atoms with Crippen LogP contribution in [-0.2, 0) is 11.2 Å². The monoisotopic (exact) mass is 426 g/mol. The van der Waals surface area contributed by atoms with Gasteiger partial charge in [0.2, 0.25) is 5.91 Å². The Morgan fingerprint density at radius 2 is 1.65 bits per heavy atom. The lowest BCUT2D eigenvalue weighted by Gasteiger charge is -2.08. The molecule has 0 atom stereocenters. The number of carbonyl (C=O) groups excluding carboxylic acids is 2. The van der Waals surface area contributed by atoms with E-state index >= 15 is 0 Å². The van der Waals surface area contributed by atoms with Crippen LogP contribution in [0, 0.1) is 0 Å². The van der Waals surface area contributed by atoms with E-state index in [-0.39, 0.29) is 24.1 Å². The van der Waals surface area contributed by atoms with Crippen LogP contribution in [0.15, 0.2) is 53.0 Å². The molecule has 0 aliphatic rings. The Labute approximate surface area is 157 Å². The zero-order valence-electron chi connectivity index (χ0n) is 13.7. The quantitative estimate of drug-likeness (QED) is 0.681. The van der Waals surface area contributed by atoms with Gasteiger partial charge in [-0.1, -0.05) is 28.1 Å². The second kappa shape index (κ2) is 9.86. The molecule has 2 aromatic carbocycles. The Morgan fingerprint density at radius 3 is 2.27 bits per heavy atom. The highest BCUT2D eigenvalue weighted by Gasteiger charge is 2.08. The molecule has 0 fully saturated rings. The molecule has 0 radical (unpaired) electrons. The minimum Gasteiger partial charge on any atom is -0.435 e. The Morgan fingerprint density at radius 1 is 1.00 bits per heavy atom. The highest BCUT2D eigenvalue weighted by molar-refractivity contribution is 9.10. The van der Waals surface area contributed by atoms with E-state index in [2.05, 4.69) is 31.3 Å². The van der Waals surface area contributed by atoms with E-state index in [9.17, 15) is 18.4 Å². The maximum Gasteiger partial charge on any atom is 0.387 e. The fraction of sp³-hybridized carbons (Fsp3) is 0.222. The second-order valence-corrected chi connectivity index (χ2v) is 6.23. The molecule has 0 spiro atoms. The maximum absolute atomic E-state index is 12.1. The van der Waals surface area contributed by atoms with Gasteiger partial charge in [-0.15, -0.1) is 0 Å². The van der Waals surface area contributed by atoms with Crippen LogP contribution in [0.1, 0.15) is 15.9 Å². The lowest BCUT2D eigenvalue weighted by atomic mass is 10.1. The van der Waals surface area contributed by atoms with Crippen molar-refractivity contribution in [2.24, 2.45) is 0 Å². The molecule has 0 aliphatic heterocycles. The van der Waals surface area contributed by atoms with E-state index in [4.69, 9.17) is 0 Å². The number of amides is 2. The number of ether oxygens (including phenoxy) is 1. The number of benzene rings is 2. The lowest BCUT2D eigenvalue weighted by Crippen LogP contribution is -2.37. The van der Waals surface area contributed by atoms with E-state index < -0.39 is 6.61 Å². The summed E-state index contributed by atoms with van der Waals surface area (Å²) >= 11 is 3.28. The normalized spacial score (nSPS) is 10.5. The number of hydrogen-bond acceptors (Lipinski definition) is 3. The summed E-state index contributed by atoms with van der Waals surface area (Å²) in [5.74, 6) is -0.557. The molecular formula is C18H17BrF2N2O3. The van der Waals surface area contributed by atoms with Crippen molar-refractivity contribution in [1.82, 2.24) is 10.6 Å². The first-order valence-corrected chi connectivity index (χ1v) is 8.57. The van der Waals surface area contributed by atoms with Crippen molar-refractivity contribution in [3.63, 3.8) is 0 Å². The van der Waals surface area contributed by atoms with Gasteiger partial charge >= 0.3 is 6.61 Å². The molecule has 2 aromatic rings. The van der Waals surface area contributed by atoms with E-state index in [0.29, 0.717) is 18.5 Å². The van der Waals surface area contributed by atoms with Crippen molar-refractivity contribution < 1.29 is 23.1 Å². The number of alkyl halides is 2. The Balaban J connectivity index is 1.68. The van der Waals surface area contributed by atoms with E-state index in [1.165, 1.54) is 12.1 Å². The van der Waals surface area contributed by atoms with Crippen LogP contribution in [0.3, 0.4) is 0 Å². The minimum atomic E-state index is -2.85. The molecule has 5 nitrogen and oxygen atoms in total. The van der Waals surface area contributed by atoms with Crippen LogP contribution in [-0.4, -0.2) is 31.5 Å². The molecule has 2 rings (SSSR count). The van der Waals surface area contributed by atoms with E-state index in [0.717, 1.165) is 10.0 Å². The number of nitrogens with one attached hydrogen (secondary N) is 2. The molecule has 2 N–H and O–H groups in total. The molecule has 8 heteroatoms. The minimum absolute atomic E-state index is 0.0865. The van der Waals surface area contributed by atoms with Gasteiger partial charge in [0.25, 0.3) is 5.91 Å². The largest absolute Gasteiger partial charge is 0.435 e. The van der Waals surface area contributed by atoms with Gasteiger partial charge < -0.3 is 15.4 Å². The molecule has 0 aromatic heterocycles. The molecule has 138 valence electrons. The smallest absolute Gasteiger partial charge is 0.387 e. The molecule has 0 heterocycles. The highest BCUT2D eigenvalue weighted by atomic mass is 79.9. The fourth-order valence-corrected chi connectivity index (χ4v) is 2.37. The Kier molecular flexibility index (Phi) is 7.53. The number of carbonyl (C=O) groups is 2. The topological polar surface area (TPSA) is 67.4 Å². The van der Waals surface area contributed by atoms with Crippen molar-refractivity contribution >= 4 is 27.7 Å². The summed E-state index contributed by atoms with van der Waals surface area (Å²) in [6, 6.07) is 13.0. The molecule has 0 aliphatic carbocycles. The summed E-state index contributed by atoms with van der Waals surface area (Å²) in [7, 11) is 0. The molecule has 26 heavy (non-hydrogen) atoms. The SMILES string of the molecule is O=C(CNC(=O)c1ccc(Br)cc1)NCCc1ccc(OC(F)F)cc1. The first-order valence-electron chi connectivity index (χ1n) is 7.78. The number of halogens is 3. The molecule has 0 saturated carbocycles. The standard InChI is InChI=1S/C18H17BrF2N2O3/c19-14-5-3-13(4-6-14)17(25)23-11-16(24)22-10-9-12-1-7-15(8-2-12)26-18(20)21/h1-8,18H,9-11H2,(H,22,24)(H,23,25). The zero-order chi connectivity index (χ0) is 18.9. The van der Waals surface area contributed by atoms with Gasteiger partial charge in [-0.25, -0.2) is 0 Å². The van der Waals surface area contributed by atoms with Gasteiger partial charge in [-0.2, -0.15) is 8.78 Å². The van der Waals surface area contributed by atoms with Crippen molar-refractivity contribution in [1.29, 1.82) is 0 Å². The predicted octanol–water partition coefficient (Wildman–Crippen LogP) is 3.14. The number of rotatable bonds is 8. The van der Waals surface area contributed by atoms with Crippen LogP contribution >= 0.6 is 15.9 Å². The summed E-state index contributed by atoms with van der Waals surface area (Å²) in [4.78, 5) is 23.7. The van der Waals surface area contributed by atoms with Crippen LogP contribution < -0.4 is 15.4 Å². The number of hydrogen-bond donors (Lipinski definition) is 2. The van der Waals surface area contributed by atoms with Gasteiger partial charge in [-0.05, 0) is 48.4 Å². The van der Waals surface area contributed by atoms with Crippen molar-refractivity contribution in [2.75, 3.05) is 13.1 Å². The first-order chi connectivity index (χ1) is 12.4. The zero-order valence-corrected chi connectivity index (χ0v) is 15.3. The van der Waals surface area contributed by atoms with Gasteiger partial charge in [0.15, 0.2) is 0 Å². The van der Waals surface area contributed by atoms with Crippen molar-refractivity contribution in [3.05, 3.63) is 64.1 Å². The average molecular weight is 427 g/mol. The van der Waals surface area contributed by atoms with Gasteiger partial charge in [0, 0.05) is 16.6 Å². The summed E-state index contributed by atoms with van der Waals surface area (Å²) < 4.78 is 29.3. The van der Waals surface area contributed by atoms with Crippen LogP contribution in [0.5, 0.6) is 5.75 Å². The molecular weight excluding hydrogens is 410 g/mol. The van der Waals surface area contributed by atoms with Gasteiger partial charge in [-0.3, -0.25) is 9.59 Å². The Hall–Kier alpha value is -2.48. The van der Waals surface area contributed by atoms with Crippen LogP contribution in [0.2, 0.25) is 0 Å². The van der Waals surface area contributed by atoms with E-state index in [1.54, 1.807) is 36.4 Å². The molecule has 0 saturated heterocycles.